The largest absolute Gasteiger partial charge is 0.306 e. The van der Waals surface area contributed by atoms with E-state index >= 15 is 0 Å². The average Bonchev–Trinajstić information content (AvgIpc) is 2.67. The van der Waals surface area contributed by atoms with Crippen molar-refractivity contribution in [1.29, 1.82) is 0 Å². The summed E-state index contributed by atoms with van der Waals surface area (Å²) in [5.74, 6) is -0.169. The fraction of sp³-hybridized carbons (Fsp3) is 0.312. The predicted molar refractivity (Wildman–Crippen MR) is 87.5 cm³/mol. The summed E-state index contributed by atoms with van der Waals surface area (Å²) in [6.45, 7) is 2.81. The van der Waals surface area contributed by atoms with E-state index in [0.717, 1.165) is 17.0 Å². The first-order chi connectivity index (χ1) is 10.6. The maximum atomic E-state index is 12.8. The van der Waals surface area contributed by atoms with E-state index in [1.54, 1.807) is 23.7 Å². The van der Waals surface area contributed by atoms with Gasteiger partial charge >= 0.3 is 0 Å². The lowest BCUT2D eigenvalue weighted by molar-refractivity contribution is 0.0979. The minimum absolute atomic E-state index is 0.169. The Morgan fingerprint density at radius 1 is 1.27 bits per heavy atom. The molecule has 0 saturated heterocycles. The summed E-state index contributed by atoms with van der Waals surface area (Å²) < 4.78 is 1.19. The van der Waals surface area contributed by atoms with E-state index in [9.17, 15) is 9.59 Å². The third-order valence-corrected chi connectivity index (χ3v) is 4.91. The molecule has 1 aliphatic heterocycles. The number of amides is 1. The highest BCUT2D eigenvalue weighted by molar-refractivity contribution is 8.00. The number of anilines is 1. The smallest absolute Gasteiger partial charge is 0.278 e. The Balaban J connectivity index is 2.01. The van der Waals surface area contributed by atoms with Crippen LogP contribution in [0.15, 0.2) is 46.1 Å². The Bertz CT molecular complexity index is 772. The molecule has 1 amide bonds. The number of para-hydroxylation sites is 1. The van der Waals surface area contributed by atoms with E-state index in [2.05, 4.69) is 12.0 Å². The lowest BCUT2D eigenvalue weighted by Gasteiger charge is -2.22. The minimum Gasteiger partial charge on any atom is -0.306 e. The van der Waals surface area contributed by atoms with E-state index in [1.165, 1.54) is 16.8 Å². The van der Waals surface area contributed by atoms with Gasteiger partial charge in [-0.05, 0) is 24.6 Å². The highest BCUT2D eigenvalue weighted by Crippen LogP contribution is 2.37. The summed E-state index contributed by atoms with van der Waals surface area (Å²) in [4.78, 5) is 27.1. The van der Waals surface area contributed by atoms with Crippen LogP contribution in [0.25, 0.3) is 0 Å². The van der Waals surface area contributed by atoms with Gasteiger partial charge in [0.25, 0.3) is 11.5 Å². The molecule has 3 rings (SSSR count). The molecule has 1 aliphatic rings. The Kier molecular flexibility index (Phi) is 4.02. The zero-order chi connectivity index (χ0) is 15.7. The molecule has 0 radical (unpaired) electrons. The number of carbonyl (C=O) groups excluding carboxylic acids is 1. The van der Waals surface area contributed by atoms with E-state index in [-0.39, 0.29) is 17.2 Å². The van der Waals surface area contributed by atoms with Gasteiger partial charge < -0.3 is 4.90 Å². The van der Waals surface area contributed by atoms with Gasteiger partial charge in [0.05, 0.1) is 5.69 Å². The molecule has 5 nitrogen and oxygen atoms in total. The van der Waals surface area contributed by atoms with Gasteiger partial charge in [-0.3, -0.25) is 9.59 Å². The second-order valence-electron chi connectivity index (χ2n) is 5.32. The van der Waals surface area contributed by atoms with Gasteiger partial charge in [0, 0.05) is 29.8 Å². The van der Waals surface area contributed by atoms with Crippen molar-refractivity contribution in [3.63, 3.8) is 0 Å². The molecule has 0 N–H and O–H groups in total. The lowest BCUT2D eigenvalue weighted by Crippen LogP contribution is -2.34. The first-order valence-corrected chi connectivity index (χ1v) is 8.06. The summed E-state index contributed by atoms with van der Waals surface area (Å²) >= 11 is 1.79. The molecule has 114 valence electrons. The van der Waals surface area contributed by atoms with Crippen molar-refractivity contribution in [2.45, 2.75) is 23.5 Å². The van der Waals surface area contributed by atoms with Gasteiger partial charge in [0.2, 0.25) is 0 Å². The van der Waals surface area contributed by atoms with Crippen molar-refractivity contribution >= 4 is 23.4 Å². The van der Waals surface area contributed by atoms with Crippen LogP contribution in [0, 0.1) is 0 Å². The topological polar surface area (TPSA) is 55.2 Å². The molecule has 0 fully saturated rings. The number of rotatable bonds is 1. The van der Waals surface area contributed by atoms with Crippen LogP contribution in [0.3, 0.4) is 0 Å². The molecular weight excluding hydrogens is 298 g/mol. The molecule has 0 bridgehead atoms. The number of benzene rings is 1. The van der Waals surface area contributed by atoms with E-state index in [1.807, 2.05) is 24.3 Å². The molecule has 1 atom stereocenters. The van der Waals surface area contributed by atoms with Crippen molar-refractivity contribution < 1.29 is 4.79 Å². The second-order valence-corrected chi connectivity index (χ2v) is 6.80. The van der Waals surface area contributed by atoms with Gasteiger partial charge in [-0.15, -0.1) is 11.8 Å². The summed E-state index contributed by atoms with van der Waals surface area (Å²) in [5.41, 5.74) is 0.978. The number of nitrogens with zero attached hydrogens (tertiary/aromatic N) is 3. The molecule has 2 aromatic rings. The van der Waals surface area contributed by atoms with E-state index in [0.29, 0.717) is 11.8 Å². The highest BCUT2D eigenvalue weighted by Gasteiger charge is 2.25. The van der Waals surface area contributed by atoms with Crippen LogP contribution >= 0.6 is 11.8 Å². The highest BCUT2D eigenvalue weighted by atomic mass is 32.2. The fourth-order valence-electron chi connectivity index (χ4n) is 2.45. The molecular formula is C16H17N3O2S. The summed E-state index contributed by atoms with van der Waals surface area (Å²) in [5, 5.41) is 4.53. The minimum atomic E-state index is -0.225. The summed E-state index contributed by atoms with van der Waals surface area (Å²) in [6, 6.07) is 10.8. The fourth-order valence-corrected chi connectivity index (χ4v) is 3.57. The average molecular weight is 315 g/mol. The zero-order valence-electron chi connectivity index (χ0n) is 12.5. The van der Waals surface area contributed by atoms with Crippen LogP contribution in [0.4, 0.5) is 5.69 Å². The number of hydrogen-bond donors (Lipinski definition) is 0. The van der Waals surface area contributed by atoms with Crippen molar-refractivity contribution in [1.82, 2.24) is 9.78 Å². The van der Waals surface area contributed by atoms with Crippen molar-refractivity contribution in [2.75, 3.05) is 11.4 Å². The molecule has 0 aliphatic carbocycles. The van der Waals surface area contributed by atoms with Crippen LogP contribution in [-0.4, -0.2) is 27.5 Å². The quantitative estimate of drug-likeness (QED) is 0.810. The Morgan fingerprint density at radius 2 is 2.05 bits per heavy atom. The van der Waals surface area contributed by atoms with Crippen molar-refractivity contribution in [3.05, 3.63) is 52.4 Å². The van der Waals surface area contributed by atoms with Crippen LogP contribution < -0.4 is 10.5 Å². The molecule has 2 heterocycles. The van der Waals surface area contributed by atoms with Gasteiger partial charge in [-0.2, -0.15) is 5.10 Å². The maximum Gasteiger partial charge on any atom is 0.278 e. The molecule has 1 aromatic carbocycles. The van der Waals surface area contributed by atoms with Crippen LogP contribution in [0.5, 0.6) is 0 Å². The number of thioether (sulfide) groups is 1. The number of fused-ring (bicyclic) bond motifs is 1. The van der Waals surface area contributed by atoms with Crippen LogP contribution in [0.1, 0.15) is 23.8 Å². The van der Waals surface area contributed by atoms with E-state index < -0.39 is 0 Å². The third kappa shape index (κ3) is 2.78. The predicted octanol–water partition coefficient (Wildman–Crippen LogP) is 2.31. The number of aromatic nitrogens is 2. The van der Waals surface area contributed by atoms with Gasteiger partial charge in [0.15, 0.2) is 0 Å². The molecule has 0 spiro atoms. The first kappa shape index (κ1) is 14.8. The molecule has 6 heteroatoms. The van der Waals surface area contributed by atoms with Crippen molar-refractivity contribution in [3.8, 4) is 0 Å². The SMILES string of the molecule is CC1CCN(C(=O)c2ccc(=O)n(C)n2)c2ccccc2S1. The van der Waals surface area contributed by atoms with Gasteiger partial charge in [-0.25, -0.2) is 4.68 Å². The third-order valence-electron chi connectivity index (χ3n) is 3.67. The monoisotopic (exact) mass is 315 g/mol. The van der Waals surface area contributed by atoms with E-state index in [4.69, 9.17) is 0 Å². The Morgan fingerprint density at radius 3 is 2.82 bits per heavy atom. The maximum absolute atomic E-state index is 12.8. The van der Waals surface area contributed by atoms with Gasteiger partial charge in [-0.1, -0.05) is 19.1 Å². The molecule has 22 heavy (non-hydrogen) atoms. The molecule has 0 saturated carbocycles. The Labute approximate surface area is 132 Å². The number of hydrogen-bond acceptors (Lipinski definition) is 4. The summed E-state index contributed by atoms with van der Waals surface area (Å²) in [7, 11) is 1.55. The normalized spacial score (nSPS) is 17.7. The zero-order valence-corrected chi connectivity index (χ0v) is 13.3. The molecule has 1 unspecified atom stereocenters. The van der Waals surface area contributed by atoms with Crippen LogP contribution in [-0.2, 0) is 7.05 Å². The molecule has 1 aromatic heterocycles. The van der Waals surface area contributed by atoms with Crippen LogP contribution in [0.2, 0.25) is 0 Å². The number of carbonyl (C=O) groups is 1. The number of aryl methyl sites for hydroxylation is 1. The first-order valence-electron chi connectivity index (χ1n) is 7.18. The Hall–Kier alpha value is -2.08. The second kappa shape index (κ2) is 5.96. The lowest BCUT2D eigenvalue weighted by atomic mass is 10.2. The summed E-state index contributed by atoms with van der Waals surface area (Å²) in [6.07, 6.45) is 0.914. The van der Waals surface area contributed by atoms with Gasteiger partial charge in [0.1, 0.15) is 5.69 Å². The standard InChI is InChI=1S/C16H17N3O2S/c1-11-9-10-19(13-5-3-4-6-14(13)22-11)16(21)12-7-8-15(20)18(2)17-12/h3-8,11H,9-10H2,1-2H3. The van der Waals surface area contributed by atoms with Crippen molar-refractivity contribution in [2.24, 2.45) is 7.05 Å².